The van der Waals surface area contributed by atoms with Crippen molar-refractivity contribution in [2.24, 2.45) is 0 Å². The molecule has 0 amide bonds. The zero-order chi connectivity index (χ0) is 13.6. The number of thiophene rings is 2. The molecule has 0 N–H and O–H groups in total. The van der Waals surface area contributed by atoms with E-state index in [9.17, 15) is 0 Å². The third kappa shape index (κ3) is 2.38. The van der Waals surface area contributed by atoms with Gasteiger partial charge in [0.15, 0.2) is 0 Å². The van der Waals surface area contributed by atoms with E-state index in [4.69, 9.17) is 9.31 Å². The number of aryl methyl sites for hydroxylation is 1. The van der Waals surface area contributed by atoms with Crippen molar-refractivity contribution in [2.45, 2.75) is 26.4 Å². The fourth-order valence-corrected chi connectivity index (χ4v) is 3.85. The Morgan fingerprint density at radius 1 is 1.11 bits per heavy atom. The third-order valence-corrected chi connectivity index (χ3v) is 5.47. The Morgan fingerprint density at radius 3 is 2.37 bits per heavy atom. The normalized spacial score (nSPS) is 17.8. The second-order valence-corrected chi connectivity index (χ2v) is 7.52. The van der Waals surface area contributed by atoms with Gasteiger partial charge in [0.05, 0.1) is 10.5 Å². The van der Waals surface area contributed by atoms with Gasteiger partial charge in [0.1, 0.15) is 5.60 Å². The van der Waals surface area contributed by atoms with Gasteiger partial charge in [-0.2, -0.15) is 0 Å². The van der Waals surface area contributed by atoms with Crippen LogP contribution in [0.3, 0.4) is 0 Å². The molecule has 0 saturated carbocycles. The Balaban J connectivity index is 1.85. The first-order chi connectivity index (χ1) is 8.95. The van der Waals surface area contributed by atoms with Crippen molar-refractivity contribution in [3.05, 3.63) is 41.5 Å². The molecule has 0 spiro atoms. The molecular formula is C14H15BO2S2. The molecule has 0 radical (unpaired) electrons. The topological polar surface area (TPSA) is 18.5 Å². The summed E-state index contributed by atoms with van der Waals surface area (Å²) in [6.07, 6.45) is 0. The lowest BCUT2D eigenvalue weighted by atomic mass is 9.88. The van der Waals surface area contributed by atoms with Crippen LogP contribution in [0.4, 0.5) is 0 Å². The first-order valence-corrected chi connectivity index (χ1v) is 7.79. The molecule has 2 aromatic rings. The Kier molecular flexibility index (Phi) is 3.08. The van der Waals surface area contributed by atoms with Crippen molar-refractivity contribution in [2.75, 3.05) is 0 Å². The largest absolute Gasteiger partial charge is 0.574 e. The summed E-state index contributed by atoms with van der Waals surface area (Å²) in [5.74, 6) is 0.694. The van der Waals surface area contributed by atoms with Crippen molar-refractivity contribution in [3.63, 3.8) is 0 Å². The lowest BCUT2D eigenvalue weighted by molar-refractivity contribution is 0.173. The van der Waals surface area contributed by atoms with Crippen LogP contribution >= 0.6 is 22.7 Å². The lowest BCUT2D eigenvalue weighted by Gasteiger charge is -2.15. The minimum atomic E-state index is -0.408. The van der Waals surface area contributed by atoms with Crippen molar-refractivity contribution < 1.29 is 9.31 Å². The summed E-state index contributed by atoms with van der Waals surface area (Å²) in [4.78, 5) is 3.88. The molecule has 2 nitrogen and oxygen atoms in total. The smallest absolute Gasteiger partial charge is 0.533 e. The van der Waals surface area contributed by atoms with Crippen LogP contribution in [0.2, 0.25) is 0 Å². The maximum atomic E-state index is 5.89. The molecule has 0 aliphatic carbocycles. The van der Waals surface area contributed by atoms with Gasteiger partial charge in [0.2, 0.25) is 0 Å². The molecule has 1 aliphatic rings. The number of hydrogen-bond acceptors (Lipinski definition) is 4. The van der Waals surface area contributed by atoms with Gasteiger partial charge in [-0.3, -0.25) is 0 Å². The van der Waals surface area contributed by atoms with Crippen molar-refractivity contribution in [3.8, 4) is 9.75 Å². The average Bonchev–Trinajstić information content (AvgIpc) is 2.99. The van der Waals surface area contributed by atoms with E-state index < -0.39 is 5.60 Å². The van der Waals surface area contributed by atoms with Crippen molar-refractivity contribution in [1.29, 1.82) is 0 Å². The maximum absolute atomic E-state index is 5.89. The first-order valence-electron chi connectivity index (χ1n) is 6.16. The highest BCUT2D eigenvalue weighted by Gasteiger charge is 2.43. The number of rotatable bonds is 2. The quantitative estimate of drug-likeness (QED) is 0.783. The van der Waals surface area contributed by atoms with Gasteiger partial charge in [-0.1, -0.05) is 6.58 Å². The van der Waals surface area contributed by atoms with Crippen molar-refractivity contribution in [1.82, 2.24) is 0 Å². The van der Waals surface area contributed by atoms with Crippen molar-refractivity contribution >= 4 is 34.6 Å². The fraction of sp³-hybridized carbons (Fsp3) is 0.286. The minimum absolute atomic E-state index is 0.317. The summed E-state index contributed by atoms with van der Waals surface area (Å²) in [7, 11) is -0.317. The zero-order valence-electron chi connectivity index (χ0n) is 11.2. The standard InChI is InChI=1S/C14H15BO2S2/c1-9-5-6-11(18-9)12-7-8-13(19-12)15-16-10(2)14(3,4)17-15/h5-8H,2H2,1,3-4H3. The van der Waals surface area contributed by atoms with E-state index in [-0.39, 0.29) is 7.12 Å². The second kappa shape index (κ2) is 4.51. The van der Waals surface area contributed by atoms with E-state index in [1.54, 1.807) is 11.3 Å². The third-order valence-electron chi connectivity index (χ3n) is 3.16. The van der Waals surface area contributed by atoms with Crippen LogP contribution in [0, 0.1) is 6.92 Å². The Bertz CT molecular complexity index is 627. The molecule has 1 saturated heterocycles. The van der Waals surface area contributed by atoms with Gasteiger partial charge in [-0.15, -0.1) is 22.7 Å². The molecule has 1 fully saturated rings. The van der Waals surface area contributed by atoms with Crippen LogP contribution in [0.5, 0.6) is 0 Å². The molecule has 0 unspecified atom stereocenters. The van der Waals surface area contributed by atoms with Gasteiger partial charge in [0, 0.05) is 14.6 Å². The van der Waals surface area contributed by atoms with Gasteiger partial charge in [-0.05, 0) is 45.0 Å². The predicted molar refractivity (Wildman–Crippen MR) is 83.1 cm³/mol. The Morgan fingerprint density at radius 2 is 1.79 bits per heavy atom. The average molecular weight is 290 g/mol. The minimum Gasteiger partial charge on any atom is -0.533 e. The van der Waals surface area contributed by atoms with Crippen LogP contribution in [0.1, 0.15) is 18.7 Å². The van der Waals surface area contributed by atoms with Gasteiger partial charge >= 0.3 is 7.12 Å². The molecule has 0 aromatic carbocycles. The van der Waals surface area contributed by atoms with Crippen LogP contribution in [-0.2, 0) is 9.31 Å². The molecule has 0 atom stereocenters. The summed E-state index contributed by atoms with van der Waals surface area (Å²) in [5, 5.41) is 0. The fourth-order valence-electron chi connectivity index (χ4n) is 1.92. The zero-order valence-corrected chi connectivity index (χ0v) is 12.9. The molecular weight excluding hydrogens is 275 g/mol. The van der Waals surface area contributed by atoms with E-state index in [1.807, 2.05) is 25.2 Å². The summed E-state index contributed by atoms with van der Waals surface area (Å²) >= 11 is 3.53. The monoisotopic (exact) mass is 290 g/mol. The highest BCUT2D eigenvalue weighted by atomic mass is 32.1. The number of hydrogen-bond donors (Lipinski definition) is 0. The molecule has 19 heavy (non-hydrogen) atoms. The van der Waals surface area contributed by atoms with Gasteiger partial charge in [-0.25, -0.2) is 0 Å². The molecule has 2 aromatic heterocycles. The SMILES string of the molecule is C=C1OB(c2ccc(-c3ccc(C)s3)s2)OC1(C)C. The van der Waals surface area contributed by atoms with Crippen LogP contribution in [0.25, 0.3) is 9.75 Å². The predicted octanol–water partition coefficient (Wildman–Crippen LogP) is 3.82. The maximum Gasteiger partial charge on any atom is 0.574 e. The van der Waals surface area contributed by atoms with Crippen LogP contribution in [0.15, 0.2) is 36.6 Å². The van der Waals surface area contributed by atoms with E-state index in [1.165, 1.54) is 14.6 Å². The molecule has 5 heteroatoms. The molecule has 0 bridgehead atoms. The summed E-state index contributed by atoms with van der Waals surface area (Å²) in [6.45, 7) is 9.99. The highest BCUT2D eigenvalue weighted by Crippen LogP contribution is 2.33. The Labute approximate surface area is 121 Å². The lowest BCUT2D eigenvalue weighted by Crippen LogP contribution is -2.32. The first kappa shape index (κ1) is 13.0. The molecule has 1 aliphatic heterocycles. The summed E-state index contributed by atoms with van der Waals surface area (Å²) < 4.78 is 12.7. The summed E-state index contributed by atoms with van der Waals surface area (Å²) in [6, 6.07) is 8.52. The van der Waals surface area contributed by atoms with Crippen LogP contribution in [-0.4, -0.2) is 12.7 Å². The second-order valence-electron chi connectivity index (χ2n) is 5.11. The van der Waals surface area contributed by atoms with Gasteiger partial charge < -0.3 is 9.31 Å². The van der Waals surface area contributed by atoms with Crippen LogP contribution < -0.4 is 4.78 Å². The Hall–Kier alpha value is -1.04. The van der Waals surface area contributed by atoms with E-state index in [2.05, 4.69) is 37.8 Å². The van der Waals surface area contributed by atoms with E-state index in [0.29, 0.717) is 5.76 Å². The van der Waals surface area contributed by atoms with E-state index >= 15 is 0 Å². The summed E-state index contributed by atoms with van der Waals surface area (Å²) in [5.41, 5.74) is -0.408. The van der Waals surface area contributed by atoms with Gasteiger partial charge in [0.25, 0.3) is 0 Å². The van der Waals surface area contributed by atoms with E-state index in [0.717, 1.165) is 4.78 Å². The molecule has 98 valence electrons. The molecule has 3 heterocycles. The molecule has 3 rings (SSSR count). The highest BCUT2D eigenvalue weighted by molar-refractivity contribution is 7.28.